The lowest BCUT2D eigenvalue weighted by molar-refractivity contribution is 0.508. The van der Waals surface area contributed by atoms with Crippen molar-refractivity contribution >= 4 is 11.6 Å². The largest absolute Gasteiger partial charge is 0.204 e. The molecule has 1 nitrogen and oxygen atoms in total. The lowest BCUT2D eigenvalue weighted by atomic mass is 10.1. The predicted octanol–water partition coefficient (Wildman–Crippen LogP) is 2.68. The highest BCUT2D eigenvalue weighted by Gasteiger charge is 2.10. The molecule has 0 aliphatic rings. The maximum absolute atomic E-state index is 12.7. The molecule has 0 aliphatic carbocycles. The minimum Gasteiger partial charge on any atom is -0.204 e. The molecule has 1 rings (SSSR count). The number of hydrogen-bond donors (Lipinski definition) is 0. The molecule has 1 aromatic carbocycles. The van der Waals surface area contributed by atoms with Crippen molar-refractivity contribution in [2.45, 2.75) is 6.42 Å². The van der Waals surface area contributed by atoms with Crippen LogP contribution in [0.15, 0.2) is 12.1 Å². The summed E-state index contributed by atoms with van der Waals surface area (Å²) in [6.45, 7) is 0. The number of halogens is 3. The Kier molecular flexibility index (Phi) is 2.61. The van der Waals surface area contributed by atoms with Crippen molar-refractivity contribution in [3.05, 3.63) is 34.4 Å². The Morgan fingerprint density at radius 2 is 2.08 bits per heavy atom. The first-order chi connectivity index (χ1) is 5.66. The summed E-state index contributed by atoms with van der Waals surface area (Å²) in [6, 6.07) is 4.05. The maximum Gasteiger partial charge on any atom is 0.177 e. The molecular formula is C8H4ClF2N. The molecular weight excluding hydrogens is 184 g/mol. The summed E-state index contributed by atoms with van der Waals surface area (Å²) in [6.07, 6.45) is -0.0178. The molecule has 0 radical (unpaired) electrons. The molecule has 0 fully saturated rings. The smallest absolute Gasteiger partial charge is 0.177 e. The van der Waals surface area contributed by atoms with Gasteiger partial charge in [0.25, 0.3) is 0 Å². The van der Waals surface area contributed by atoms with Crippen LogP contribution in [-0.4, -0.2) is 0 Å². The minimum absolute atomic E-state index is 0.0178. The Morgan fingerprint density at radius 3 is 2.67 bits per heavy atom. The molecule has 0 atom stereocenters. The number of hydrogen-bond acceptors (Lipinski definition) is 1. The van der Waals surface area contributed by atoms with Gasteiger partial charge in [0.1, 0.15) is 0 Å². The number of benzene rings is 1. The second kappa shape index (κ2) is 3.51. The first-order valence-electron chi connectivity index (χ1n) is 3.16. The monoisotopic (exact) mass is 187 g/mol. The average Bonchev–Trinajstić information content (AvgIpc) is 2.07. The van der Waals surface area contributed by atoms with Crippen molar-refractivity contribution in [2.24, 2.45) is 0 Å². The molecule has 0 aliphatic heterocycles. The van der Waals surface area contributed by atoms with Gasteiger partial charge in [0.05, 0.1) is 17.5 Å². The van der Waals surface area contributed by atoms with E-state index in [-0.39, 0.29) is 11.4 Å². The second-order valence-corrected chi connectivity index (χ2v) is 2.55. The minimum atomic E-state index is -1.09. The van der Waals surface area contributed by atoms with E-state index in [1.54, 1.807) is 6.07 Å². The third-order valence-corrected chi connectivity index (χ3v) is 1.79. The predicted molar refractivity (Wildman–Crippen MR) is 40.7 cm³/mol. The molecule has 0 saturated heterocycles. The average molecular weight is 188 g/mol. The Bertz CT molecular complexity index is 344. The van der Waals surface area contributed by atoms with E-state index in [4.69, 9.17) is 16.9 Å². The van der Waals surface area contributed by atoms with E-state index in [0.717, 1.165) is 6.07 Å². The van der Waals surface area contributed by atoms with E-state index >= 15 is 0 Å². The molecule has 1 aromatic rings. The Morgan fingerprint density at radius 1 is 1.42 bits per heavy atom. The SMILES string of the molecule is N#CCc1ccc(F)c(F)c1Cl. The van der Waals surface area contributed by atoms with Gasteiger partial charge < -0.3 is 0 Å². The summed E-state index contributed by atoms with van der Waals surface area (Å²) in [7, 11) is 0. The van der Waals surface area contributed by atoms with E-state index < -0.39 is 11.6 Å². The van der Waals surface area contributed by atoms with Crippen LogP contribution in [0, 0.1) is 23.0 Å². The molecule has 0 heterocycles. The van der Waals surface area contributed by atoms with Crippen LogP contribution in [0.25, 0.3) is 0 Å². The normalized spacial score (nSPS) is 9.50. The van der Waals surface area contributed by atoms with E-state index in [9.17, 15) is 8.78 Å². The molecule has 0 aromatic heterocycles. The summed E-state index contributed by atoms with van der Waals surface area (Å²) in [5.41, 5.74) is 0.304. The lowest BCUT2D eigenvalue weighted by Gasteiger charge is -2.00. The van der Waals surface area contributed by atoms with Gasteiger partial charge in [0.15, 0.2) is 11.6 Å². The van der Waals surface area contributed by atoms with Crippen LogP contribution >= 0.6 is 11.6 Å². The number of nitriles is 1. The van der Waals surface area contributed by atoms with Gasteiger partial charge in [-0.05, 0) is 11.6 Å². The highest BCUT2D eigenvalue weighted by Crippen LogP contribution is 2.22. The van der Waals surface area contributed by atoms with Gasteiger partial charge in [0, 0.05) is 0 Å². The summed E-state index contributed by atoms with van der Waals surface area (Å²) < 4.78 is 25.2. The first kappa shape index (κ1) is 8.95. The summed E-state index contributed by atoms with van der Waals surface area (Å²) in [5, 5.41) is 7.97. The number of nitrogens with zero attached hydrogens (tertiary/aromatic N) is 1. The van der Waals surface area contributed by atoms with Crippen molar-refractivity contribution in [1.82, 2.24) is 0 Å². The van der Waals surface area contributed by atoms with Gasteiger partial charge in [-0.1, -0.05) is 17.7 Å². The molecule has 0 bridgehead atoms. The van der Waals surface area contributed by atoms with Crippen LogP contribution in [0.1, 0.15) is 5.56 Å². The van der Waals surface area contributed by atoms with Crippen LogP contribution in [0.3, 0.4) is 0 Å². The van der Waals surface area contributed by atoms with E-state index in [0.29, 0.717) is 5.56 Å². The standard InChI is InChI=1S/C8H4ClF2N/c9-7-5(3-4-12)1-2-6(10)8(7)11/h1-2H,3H2. The first-order valence-corrected chi connectivity index (χ1v) is 3.54. The highest BCUT2D eigenvalue weighted by atomic mass is 35.5. The summed E-state index contributed by atoms with van der Waals surface area (Å²) >= 11 is 5.41. The van der Waals surface area contributed by atoms with Gasteiger partial charge in [0.2, 0.25) is 0 Å². The maximum atomic E-state index is 12.7. The van der Waals surface area contributed by atoms with Crippen LogP contribution in [0.5, 0.6) is 0 Å². The Labute approximate surface area is 73.2 Å². The third-order valence-electron chi connectivity index (χ3n) is 1.38. The highest BCUT2D eigenvalue weighted by molar-refractivity contribution is 6.31. The molecule has 0 N–H and O–H groups in total. The van der Waals surface area contributed by atoms with Gasteiger partial charge >= 0.3 is 0 Å². The lowest BCUT2D eigenvalue weighted by Crippen LogP contribution is -1.91. The second-order valence-electron chi connectivity index (χ2n) is 2.17. The van der Waals surface area contributed by atoms with Crippen molar-refractivity contribution in [3.8, 4) is 6.07 Å². The molecule has 62 valence electrons. The quantitative estimate of drug-likeness (QED) is 0.620. The molecule has 0 unspecified atom stereocenters. The van der Waals surface area contributed by atoms with Gasteiger partial charge in [-0.3, -0.25) is 0 Å². The van der Waals surface area contributed by atoms with E-state index in [1.807, 2.05) is 0 Å². The third kappa shape index (κ3) is 1.54. The van der Waals surface area contributed by atoms with Crippen molar-refractivity contribution in [2.75, 3.05) is 0 Å². The molecule has 0 saturated carbocycles. The van der Waals surface area contributed by atoms with Crippen molar-refractivity contribution in [1.29, 1.82) is 5.26 Å². The molecule has 4 heteroatoms. The van der Waals surface area contributed by atoms with Gasteiger partial charge in [-0.15, -0.1) is 0 Å². The fourth-order valence-corrected chi connectivity index (χ4v) is 1.01. The van der Waals surface area contributed by atoms with Crippen LogP contribution in [0.4, 0.5) is 8.78 Å². The Balaban J connectivity index is 3.19. The fourth-order valence-electron chi connectivity index (χ4n) is 0.788. The summed E-state index contributed by atoms with van der Waals surface area (Å²) in [4.78, 5) is 0. The zero-order chi connectivity index (χ0) is 9.14. The topological polar surface area (TPSA) is 23.8 Å². The zero-order valence-electron chi connectivity index (χ0n) is 5.94. The van der Waals surface area contributed by atoms with Crippen LogP contribution in [-0.2, 0) is 6.42 Å². The van der Waals surface area contributed by atoms with Gasteiger partial charge in [-0.2, -0.15) is 5.26 Å². The van der Waals surface area contributed by atoms with Crippen molar-refractivity contribution in [3.63, 3.8) is 0 Å². The van der Waals surface area contributed by atoms with Crippen LogP contribution < -0.4 is 0 Å². The van der Waals surface area contributed by atoms with Crippen molar-refractivity contribution < 1.29 is 8.78 Å². The van der Waals surface area contributed by atoms with Crippen LogP contribution in [0.2, 0.25) is 5.02 Å². The van der Waals surface area contributed by atoms with E-state index in [1.165, 1.54) is 6.07 Å². The molecule has 0 amide bonds. The van der Waals surface area contributed by atoms with Gasteiger partial charge in [-0.25, -0.2) is 8.78 Å². The summed E-state index contributed by atoms with van der Waals surface area (Å²) in [5.74, 6) is -2.09. The molecule has 0 spiro atoms. The number of rotatable bonds is 1. The molecule has 12 heavy (non-hydrogen) atoms. The zero-order valence-corrected chi connectivity index (χ0v) is 6.70. The van der Waals surface area contributed by atoms with E-state index in [2.05, 4.69) is 0 Å². The fraction of sp³-hybridized carbons (Fsp3) is 0.125. The Hall–Kier alpha value is -1.14.